The number of ether oxygens (including phenoxy) is 2. The Morgan fingerprint density at radius 3 is 1.60 bits per heavy atom. The van der Waals surface area contributed by atoms with E-state index in [0.29, 0.717) is 12.2 Å². The molecule has 0 aliphatic rings. The van der Waals surface area contributed by atoms with Crippen molar-refractivity contribution in [1.29, 1.82) is 0 Å². The van der Waals surface area contributed by atoms with Crippen LogP contribution in [-0.2, 0) is 28.7 Å². The van der Waals surface area contributed by atoms with Crippen LogP contribution in [0.1, 0.15) is 47.5 Å². The number of carbonyl (C=O) groups excluding carboxylic acids is 2. The predicted octanol–water partition coefficient (Wildman–Crippen LogP) is 3.25. The van der Waals surface area contributed by atoms with Crippen LogP contribution in [0.5, 0.6) is 0 Å². The second-order valence-electron chi connectivity index (χ2n) is 5.33. The molecule has 0 heterocycles. The molecule has 9 nitrogen and oxygen atoms in total. The number of unbranched alkanes of at least 4 members (excludes halogenated alkanes) is 1. The predicted molar refractivity (Wildman–Crippen MR) is 114 cm³/mol. The van der Waals surface area contributed by atoms with E-state index in [9.17, 15) is 19.2 Å². The van der Waals surface area contributed by atoms with Crippen molar-refractivity contribution in [2.75, 3.05) is 6.61 Å². The third-order valence-corrected chi connectivity index (χ3v) is 2.50. The van der Waals surface area contributed by atoms with E-state index in [-0.39, 0.29) is 11.5 Å². The van der Waals surface area contributed by atoms with E-state index in [1.807, 2.05) is 6.92 Å². The highest BCUT2D eigenvalue weighted by molar-refractivity contribution is 5.85. The highest BCUT2D eigenvalue weighted by Crippen LogP contribution is 1.88. The van der Waals surface area contributed by atoms with E-state index < -0.39 is 24.2 Å². The molecule has 1 atom stereocenters. The Morgan fingerprint density at radius 1 is 1.00 bits per heavy atom. The molecule has 172 valence electrons. The summed E-state index contributed by atoms with van der Waals surface area (Å²) in [5.41, 5.74) is 0.565. The first-order valence-electron chi connectivity index (χ1n) is 8.85. The molecule has 9 heteroatoms. The fraction of sp³-hybridized carbons (Fsp3) is 0.429. The van der Waals surface area contributed by atoms with Crippen LogP contribution in [0.2, 0.25) is 0 Å². The average Bonchev–Trinajstić information content (AvgIpc) is 2.67. The number of hydrogen-bond donors (Lipinski definition) is 3. The van der Waals surface area contributed by atoms with Gasteiger partial charge in [0, 0.05) is 23.3 Å². The van der Waals surface area contributed by atoms with E-state index in [1.54, 1.807) is 19.9 Å². The summed E-state index contributed by atoms with van der Waals surface area (Å²) in [7, 11) is 0. The normalized spacial score (nSPS) is 10.0. The van der Waals surface area contributed by atoms with Crippen molar-refractivity contribution in [1.82, 2.24) is 0 Å². The summed E-state index contributed by atoms with van der Waals surface area (Å²) >= 11 is 0. The SMILES string of the molecule is C/C=C(\C)C(=O)O.C=C(C)C(=O)O.C=CC(=O)OC(C)O.C=CC(=O)OCCCC. The fourth-order valence-electron chi connectivity index (χ4n) is 0.716. The number of carbonyl (C=O) groups is 4. The highest BCUT2D eigenvalue weighted by atomic mass is 16.6. The number of aliphatic hydroxyl groups is 1. The molecular formula is C21H34O9. The zero-order valence-corrected chi connectivity index (χ0v) is 18.3. The standard InChI is InChI=1S/C7H12O2.C5H8O3.C5H8O2.C4H6O2/c1-3-5-6-9-7(8)4-2;1-3-5(7)8-4(2)6;1-3-4(2)5(6)7;1-3(2)4(5)6/h4H,2-3,5-6H2,1H3;3-4,6H,1H2,2H3;3H,1-2H3,(H,6,7);1H2,2H3,(H,5,6)/b;;4-3+;. The van der Waals surface area contributed by atoms with Gasteiger partial charge in [0.2, 0.25) is 0 Å². The van der Waals surface area contributed by atoms with Gasteiger partial charge in [-0.15, -0.1) is 0 Å². The quantitative estimate of drug-likeness (QED) is 0.228. The van der Waals surface area contributed by atoms with Gasteiger partial charge in [-0.05, 0) is 34.1 Å². The number of aliphatic carboxylic acids is 2. The number of allylic oxidation sites excluding steroid dienone is 1. The lowest BCUT2D eigenvalue weighted by molar-refractivity contribution is -0.158. The Balaban J connectivity index is -0.000000152. The molecule has 0 aliphatic heterocycles. The summed E-state index contributed by atoms with van der Waals surface area (Å²) in [6.45, 7) is 18.2. The molecule has 0 radical (unpaired) electrons. The van der Waals surface area contributed by atoms with Crippen LogP contribution in [-0.4, -0.2) is 52.1 Å². The summed E-state index contributed by atoms with van der Waals surface area (Å²) in [6, 6.07) is 0. The van der Waals surface area contributed by atoms with Crippen molar-refractivity contribution < 1.29 is 44.0 Å². The molecule has 0 saturated heterocycles. The van der Waals surface area contributed by atoms with Crippen LogP contribution < -0.4 is 0 Å². The molecule has 3 N–H and O–H groups in total. The zero-order chi connectivity index (χ0) is 24.7. The van der Waals surface area contributed by atoms with Crippen LogP contribution >= 0.6 is 0 Å². The third kappa shape index (κ3) is 35.8. The molecule has 0 aromatic heterocycles. The molecule has 0 fully saturated rings. The van der Waals surface area contributed by atoms with Crippen LogP contribution in [0, 0.1) is 0 Å². The molecule has 0 aromatic rings. The lowest BCUT2D eigenvalue weighted by Crippen LogP contribution is -2.10. The minimum absolute atomic E-state index is 0.176. The highest BCUT2D eigenvalue weighted by Gasteiger charge is 1.98. The fourth-order valence-corrected chi connectivity index (χ4v) is 0.716. The lowest BCUT2D eigenvalue weighted by atomic mass is 10.3. The van der Waals surface area contributed by atoms with Gasteiger partial charge < -0.3 is 24.8 Å². The second kappa shape index (κ2) is 23.8. The van der Waals surface area contributed by atoms with Gasteiger partial charge >= 0.3 is 23.9 Å². The van der Waals surface area contributed by atoms with Crippen molar-refractivity contribution in [3.63, 3.8) is 0 Å². The Morgan fingerprint density at radius 2 is 1.43 bits per heavy atom. The zero-order valence-electron chi connectivity index (χ0n) is 18.3. The molecule has 0 amide bonds. The molecule has 0 spiro atoms. The van der Waals surface area contributed by atoms with Crippen LogP contribution in [0.4, 0.5) is 0 Å². The maximum Gasteiger partial charge on any atom is 0.332 e. The number of rotatable bonds is 8. The minimum Gasteiger partial charge on any atom is -0.478 e. The van der Waals surface area contributed by atoms with Crippen LogP contribution in [0.15, 0.2) is 49.1 Å². The van der Waals surface area contributed by atoms with Gasteiger partial charge in [0.1, 0.15) is 0 Å². The molecule has 0 aliphatic carbocycles. The maximum absolute atomic E-state index is 10.3. The molecule has 0 aromatic carbocycles. The molecule has 1 unspecified atom stereocenters. The second-order valence-corrected chi connectivity index (χ2v) is 5.33. The summed E-state index contributed by atoms with van der Waals surface area (Å²) in [5.74, 6) is -2.72. The first-order chi connectivity index (χ1) is 13.8. The molecular weight excluding hydrogens is 396 g/mol. The van der Waals surface area contributed by atoms with Crippen molar-refractivity contribution in [3.8, 4) is 0 Å². The van der Waals surface area contributed by atoms with Gasteiger partial charge in [-0.3, -0.25) is 0 Å². The van der Waals surface area contributed by atoms with Crippen LogP contribution in [0.3, 0.4) is 0 Å². The number of carboxylic acids is 2. The summed E-state index contributed by atoms with van der Waals surface area (Å²) in [6.07, 6.45) is 4.66. The van der Waals surface area contributed by atoms with Gasteiger partial charge in [0.05, 0.1) is 6.61 Å². The van der Waals surface area contributed by atoms with Crippen LogP contribution in [0.25, 0.3) is 0 Å². The van der Waals surface area contributed by atoms with Gasteiger partial charge in [-0.1, -0.05) is 39.2 Å². The van der Waals surface area contributed by atoms with Gasteiger partial charge in [0.25, 0.3) is 0 Å². The van der Waals surface area contributed by atoms with Gasteiger partial charge in [-0.2, -0.15) is 0 Å². The third-order valence-electron chi connectivity index (χ3n) is 2.50. The monoisotopic (exact) mass is 430 g/mol. The van der Waals surface area contributed by atoms with E-state index in [4.69, 9.17) is 15.3 Å². The topological polar surface area (TPSA) is 147 Å². The number of hydrogen-bond acceptors (Lipinski definition) is 7. The Hall–Kier alpha value is -3.20. The summed E-state index contributed by atoms with van der Waals surface area (Å²) in [4.78, 5) is 39.9. The largest absolute Gasteiger partial charge is 0.478 e. The number of carboxylic acid groups (broad SMARTS) is 2. The van der Waals surface area contributed by atoms with E-state index in [0.717, 1.165) is 18.9 Å². The van der Waals surface area contributed by atoms with Crippen molar-refractivity contribution in [2.24, 2.45) is 0 Å². The smallest absolute Gasteiger partial charge is 0.332 e. The molecule has 30 heavy (non-hydrogen) atoms. The van der Waals surface area contributed by atoms with Crippen molar-refractivity contribution in [2.45, 2.75) is 53.8 Å². The average molecular weight is 430 g/mol. The molecule has 0 saturated carbocycles. The summed E-state index contributed by atoms with van der Waals surface area (Å²) in [5, 5.41) is 24.4. The maximum atomic E-state index is 10.3. The Kier molecular flexibility index (Phi) is 27.3. The summed E-state index contributed by atoms with van der Waals surface area (Å²) < 4.78 is 8.87. The number of esters is 2. The lowest BCUT2D eigenvalue weighted by Gasteiger charge is -2.01. The molecule has 0 bridgehead atoms. The van der Waals surface area contributed by atoms with Crippen molar-refractivity contribution in [3.05, 3.63) is 49.1 Å². The van der Waals surface area contributed by atoms with E-state index in [1.165, 1.54) is 19.9 Å². The first kappa shape index (κ1) is 34.3. The van der Waals surface area contributed by atoms with E-state index in [2.05, 4.69) is 29.2 Å². The minimum atomic E-state index is -1.04. The Bertz CT molecular complexity index is 575. The van der Waals surface area contributed by atoms with E-state index >= 15 is 0 Å². The Labute approximate surface area is 178 Å². The molecule has 0 rings (SSSR count). The van der Waals surface area contributed by atoms with Gasteiger partial charge in [0.15, 0.2) is 6.29 Å². The number of aliphatic hydroxyl groups excluding tert-OH is 1. The van der Waals surface area contributed by atoms with Gasteiger partial charge in [-0.25, -0.2) is 19.2 Å². The first-order valence-corrected chi connectivity index (χ1v) is 8.85. The van der Waals surface area contributed by atoms with Crippen molar-refractivity contribution >= 4 is 23.9 Å².